The fourth-order valence-corrected chi connectivity index (χ4v) is 4.19. The molecule has 3 unspecified atom stereocenters. The van der Waals surface area contributed by atoms with Crippen LogP contribution in [0.3, 0.4) is 0 Å². The summed E-state index contributed by atoms with van der Waals surface area (Å²) in [5.74, 6) is 7.91. The first-order valence-electron chi connectivity index (χ1n) is 9.32. The Morgan fingerprint density at radius 1 is 1.33 bits per heavy atom. The van der Waals surface area contributed by atoms with Gasteiger partial charge in [-0.15, -0.1) is 10.2 Å². The zero-order chi connectivity index (χ0) is 19.4. The highest BCUT2D eigenvalue weighted by molar-refractivity contribution is 8.00. The smallest absolute Gasteiger partial charge is 0.233 e. The third kappa shape index (κ3) is 4.37. The number of benzene rings is 1. The van der Waals surface area contributed by atoms with Crippen LogP contribution in [0.4, 0.5) is 0 Å². The molecule has 1 heterocycles. The van der Waals surface area contributed by atoms with Crippen molar-refractivity contribution in [3.63, 3.8) is 0 Å². The molecule has 1 aliphatic carbocycles. The number of carbonyl (C=O) groups is 1. The van der Waals surface area contributed by atoms with Crippen molar-refractivity contribution in [3.8, 4) is 17.1 Å². The van der Waals surface area contributed by atoms with E-state index in [9.17, 15) is 4.79 Å². The molecule has 1 aromatic carbocycles. The van der Waals surface area contributed by atoms with Crippen molar-refractivity contribution in [3.05, 3.63) is 24.3 Å². The predicted octanol–water partition coefficient (Wildman–Crippen LogP) is 2.84. The molecule has 0 bridgehead atoms. The number of nitrogen functional groups attached to an aromatic ring is 1. The Balaban J connectivity index is 1.69. The molecule has 3 rings (SSSR count). The number of nitrogens with two attached hydrogens (primary N) is 1. The summed E-state index contributed by atoms with van der Waals surface area (Å²) in [6.45, 7) is 4.07. The Hall–Kier alpha value is -2.22. The normalized spacial score (nSPS) is 20.9. The maximum absolute atomic E-state index is 12.6. The molecular formula is C19H27N5O2S. The van der Waals surface area contributed by atoms with Crippen LogP contribution in [0.15, 0.2) is 29.4 Å². The third-order valence-electron chi connectivity index (χ3n) is 5.10. The van der Waals surface area contributed by atoms with Gasteiger partial charge in [0.15, 0.2) is 5.82 Å². The number of nitrogens with zero attached hydrogens (tertiary/aromatic N) is 3. The zero-order valence-electron chi connectivity index (χ0n) is 16.0. The molecule has 2 aromatic rings. The summed E-state index contributed by atoms with van der Waals surface area (Å²) in [5.41, 5.74) is 0.759. The summed E-state index contributed by atoms with van der Waals surface area (Å²) in [7, 11) is 1.60. The Morgan fingerprint density at radius 2 is 2.07 bits per heavy atom. The van der Waals surface area contributed by atoms with Gasteiger partial charge in [-0.1, -0.05) is 43.7 Å². The van der Waals surface area contributed by atoms with Crippen molar-refractivity contribution in [1.29, 1.82) is 0 Å². The van der Waals surface area contributed by atoms with Gasteiger partial charge in [-0.3, -0.25) is 4.79 Å². The average Bonchev–Trinajstić information content (AvgIpc) is 3.03. The van der Waals surface area contributed by atoms with Gasteiger partial charge in [0.1, 0.15) is 5.75 Å². The molecule has 1 fully saturated rings. The van der Waals surface area contributed by atoms with Crippen LogP contribution in [-0.4, -0.2) is 39.2 Å². The van der Waals surface area contributed by atoms with E-state index in [1.807, 2.05) is 31.2 Å². The van der Waals surface area contributed by atoms with E-state index in [0.29, 0.717) is 22.6 Å². The van der Waals surface area contributed by atoms with E-state index in [4.69, 9.17) is 10.6 Å². The lowest BCUT2D eigenvalue weighted by Crippen LogP contribution is -2.44. The van der Waals surface area contributed by atoms with Gasteiger partial charge in [-0.2, -0.15) is 0 Å². The van der Waals surface area contributed by atoms with E-state index in [-0.39, 0.29) is 17.2 Å². The van der Waals surface area contributed by atoms with Crippen LogP contribution in [0.25, 0.3) is 11.4 Å². The fourth-order valence-electron chi connectivity index (χ4n) is 3.41. The van der Waals surface area contributed by atoms with Crippen molar-refractivity contribution in [2.24, 2.45) is 5.92 Å². The van der Waals surface area contributed by atoms with Crippen LogP contribution in [0.2, 0.25) is 0 Å². The molecule has 1 amide bonds. The van der Waals surface area contributed by atoms with Crippen molar-refractivity contribution >= 4 is 17.7 Å². The Morgan fingerprint density at radius 3 is 2.81 bits per heavy atom. The number of aromatic nitrogens is 3. The van der Waals surface area contributed by atoms with Gasteiger partial charge in [0, 0.05) is 6.04 Å². The molecule has 0 radical (unpaired) electrons. The molecule has 0 spiro atoms. The zero-order valence-corrected chi connectivity index (χ0v) is 16.8. The number of para-hydroxylation sites is 1. The minimum absolute atomic E-state index is 0.0144. The molecule has 7 nitrogen and oxygen atoms in total. The Kier molecular flexibility index (Phi) is 6.26. The van der Waals surface area contributed by atoms with Gasteiger partial charge in [0.25, 0.3) is 0 Å². The Bertz CT molecular complexity index is 794. The lowest BCUT2D eigenvalue weighted by atomic mass is 9.86. The Labute approximate surface area is 164 Å². The van der Waals surface area contributed by atoms with Gasteiger partial charge in [-0.25, -0.2) is 4.68 Å². The molecular weight excluding hydrogens is 362 g/mol. The molecule has 1 aliphatic rings. The highest BCUT2D eigenvalue weighted by atomic mass is 32.2. The highest BCUT2D eigenvalue weighted by Gasteiger charge is 2.26. The summed E-state index contributed by atoms with van der Waals surface area (Å²) in [6.07, 6.45) is 4.65. The fraction of sp³-hybridized carbons (Fsp3) is 0.526. The molecule has 3 atom stereocenters. The van der Waals surface area contributed by atoms with Crippen LogP contribution in [0.1, 0.15) is 39.5 Å². The number of amides is 1. The molecule has 0 saturated heterocycles. The summed E-state index contributed by atoms with van der Waals surface area (Å²) in [5, 5.41) is 11.7. The summed E-state index contributed by atoms with van der Waals surface area (Å²) < 4.78 is 6.78. The second-order valence-corrected chi connectivity index (χ2v) is 8.32. The topological polar surface area (TPSA) is 95.1 Å². The minimum Gasteiger partial charge on any atom is -0.496 e. The minimum atomic E-state index is -0.309. The predicted molar refractivity (Wildman–Crippen MR) is 107 cm³/mol. The van der Waals surface area contributed by atoms with Crippen molar-refractivity contribution in [1.82, 2.24) is 20.2 Å². The first kappa shape index (κ1) is 19.5. The van der Waals surface area contributed by atoms with Gasteiger partial charge in [0.05, 0.1) is 17.9 Å². The molecule has 27 heavy (non-hydrogen) atoms. The maximum atomic E-state index is 12.6. The van der Waals surface area contributed by atoms with Crippen LogP contribution in [0, 0.1) is 5.92 Å². The number of ether oxygens (including phenoxy) is 1. The SMILES string of the molecule is COc1ccccc1-c1nnc(SC(C)C(=O)NC2CCCCC2C)n1N. The summed E-state index contributed by atoms with van der Waals surface area (Å²) in [4.78, 5) is 12.6. The number of carbonyl (C=O) groups excluding carboxylic acids is 1. The highest BCUT2D eigenvalue weighted by Crippen LogP contribution is 2.31. The molecule has 8 heteroatoms. The summed E-state index contributed by atoms with van der Waals surface area (Å²) in [6, 6.07) is 7.75. The monoisotopic (exact) mass is 389 g/mol. The number of nitrogens with one attached hydrogen (secondary N) is 1. The van der Waals surface area contributed by atoms with Crippen molar-refractivity contribution in [2.45, 2.75) is 56.0 Å². The number of thioether (sulfide) groups is 1. The van der Waals surface area contributed by atoms with E-state index >= 15 is 0 Å². The molecule has 1 saturated carbocycles. The molecule has 3 N–H and O–H groups in total. The third-order valence-corrected chi connectivity index (χ3v) is 6.16. The van der Waals surface area contributed by atoms with Gasteiger partial charge in [-0.05, 0) is 37.8 Å². The van der Waals surface area contributed by atoms with Crippen LogP contribution < -0.4 is 15.9 Å². The number of hydrogen-bond acceptors (Lipinski definition) is 6. The summed E-state index contributed by atoms with van der Waals surface area (Å²) >= 11 is 1.31. The molecule has 1 aromatic heterocycles. The average molecular weight is 390 g/mol. The van der Waals surface area contributed by atoms with E-state index < -0.39 is 0 Å². The standard InChI is InChI=1S/C19H27N5O2S/c1-12-8-4-6-10-15(12)21-18(25)13(2)27-19-23-22-17(24(19)20)14-9-5-7-11-16(14)26-3/h5,7,9,11-13,15H,4,6,8,10,20H2,1-3H3,(H,21,25). The quantitative estimate of drug-likeness (QED) is 0.583. The van der Waals surface area contributed by atoms with Gasteiger partial charge < -0.3 is 15.9 Å². The second kappa shape index (κ2) is 8.65. The lowest BCUT2D eigenvalue weighted by Gasteiger charge is -2.30. The van der Waals surface area contributed by atoms with E-state index in [1.54, 1.807) is 7.11 Å². The van der Waals surface area contributed by atoms with Crippen molar-refractivity contribution in [2.75, 3.05) is 13.0 Å². The second-order valence-electron chi connectivity index (χ2n) is 7.01. The number of hydrogen-bond donors (Lipinski definition) is 2. The van der Waals surface area contributed by atoms with E-state index in [1.165, 1.54) is 35.7 Å². The molecule has 146 valence electrons. The lowest BCUT2D eigenvalue weighted by molar-refractivity contribution is -0.121. The maximum Gasteiger partial charge on any atom is 0.233 e. The van der Waals surface area contributed by atoms with E-state index in [0.717, 1.165) is 12.0 Å². The first-order valence-corrected chi connectivity index (χ1v) is 10.2. The molecule has 0 aliphatic heterocycles. The van der Waals surface area contributed by atoms with Crippen molar-refractivity contribution < 1.29 is 9.53 Å². The van der Waals surface area contributed by atoms with Crippen LogP contribution in [0.5, 0.6) is 5.75 Å². The largest absolute Gasteiger partial charge is 0.496 e. The van der Waals surface area contributed by atoms with Crippen LogP contribution in [-0.2, 0) is 4.79 Å². The van der Waals surface area contributed by atoms with E-state index in [2.05, 4.69) is 22.4 Å². The number of rotatable bonds is 6. The number of methoxy groups -OCH3 is 1. The first-order chi connectivity index (χ1) is 13.0. The van der Waals surface area contributed by atoms with Gasteiger partial charge in [0.2, 0.25) is 11.1 Å². The van der Waals surface area contributed by atoms with Crippen LogP contribution >= 0.6 is 11.8 Å². The van der Waals surface area contributed by atoms with Gasteiger partial charge >= 0.3 is 0 Å².